The fourth-order valence-corrected chi connectivity index (χ4v) is 3.03. The molecule has 0 aliphatic heterocycles. The summed E-state index contributed by atoms with van der Waals surface area (Å²) in [6.45, 7) is -0.431. The summed E-state index contributed by atoms with van der Waals surface area (Å²) in [4.78, 5) is 0. The van der Waals surface area contributed by atoms with E-state index in [1.54, 1.807) is 6.07 Å². The molecule has 0 saturated heterocycles. The van der Waals surface area contributed by atoms with E-state index in [1.165, 1.54) is 6.42 Å². The van der Waals surface area contributed by atoms with Gasteiger partial charge in [0.25, 0.3) is 0 Å². The molecule has 1 aromatic carbocycles. The maximum absolute atomic E-state index is 9.97. The van der Waals surface area contributed by atoms with Gasteiger partial charge in [-0.2, -0.15) is 0 Å². The Hall–Kier alpha value is -0.320. The average molecular weight is 319 g/mol. The van der Waals surface area contributed by atoms with Gasteiger partial charge in [-0.05, 0) is 48.8 Å². The molecule has 1 aromatic rings. The van der Waals surface area contributed by atoms with Crippen molar-refractivity contribution in [1.82, 2.24) is 0 Å². The van der Waals surface area contributed by atoms with Gasteiger partial charge in [-0.25, -0.2) is 0 Å². The molecule has 3 nitrogen and oxygen atoms in total. The van der Waals surface area contributed by atoms with Crippen LogP contribution in [-0.4, -0.2) is 34.1 Å². The molecule has 3 N–H and O–H groups in total. The summed E-state index contributed by atoms with van der Waals surface area (Å²) in [5.74, 6) is 0.627. The van der Waals surface area contributed by atoms with Crippen molar-refractivity contribution in [2.45, 2.75) is 43.8 Å². The van der Waals surface area contributed by atoms with Crippen LogP contribution in [0.4, 0.5) is 0 Å². The molecule has 1 aliphatic carbocycles. The fourth-order valence-electron chi connectivity index (χ4n) is 2.72. The monoisotopic (exact) mass is 318 g/mol. The van der Waals surface area contributed by atoms with Crippen LogP contribution in [0.25, 0.3) is 0 Å². The zero-order chi connectivity index (χ0) is 14.7. The maximum Gasteiger partial charge on any atom is 0.103 e. The predicted molar refractivity (Wildman–Crippen MR) is 80.3 cm³/mol. The highest BCUT2D eigenvalue weighted by Crippen LogP contribution is 2.43. The Morgan fingerprint density at radius 3 is 2.30 bits per heavy atom. The van der Waals surface area contributed by atoms with Gasteiger partial charge in [-0.1, -0.05) is 35.7 Å². The van der Waals surface area contributed by atoms with E-state index in [1.807, 2.05) is 12.1 Å². The third-order valence-electron chi connectivity index (χ3n) is 4.22. The van der Waals surface area contributed by atoms with E-state index in [0.717, 1.165) is 18.4 Å². The zero-order valence-electron chi connectivity index (χ0n) is 11.2. The Kier molecular flexibility index (Phi) is 5.70. The highest BCUT2D eigenvalue weighted by Gasteiger charge is 2.32. The van der Waals surface area contributed by atoms with Gasteiger partial charge in [0.1, 0.15) is 6.10 Å². The first-order valence-corrected chi connectivity index (χ1v) is 7.70. The quantitative estimate of drug-likeness (QED) is 0.755. The van der Waals surface area contributed by atoms with Crippen LogP contribution in [0.2, 0.25) is 10.0 Å². The molecule has 1 fully saturated rings. The van der Waals surface area contributed by atoms with Gasteiger partial charge in [0.2, 0.25) is 0 Å². The molecule has 0 radical (unpaired) electrons. The molecule has 0 spiro atoms. The molecule has 0 heterocycles. The number of halogens is 2. The van der Waals surface area contributed by atoms with Crippen molar-refractivity contribution in [3.8, 4) is 0 Å². The lowest BCUT2D eigenvalue weighted by Crippen LogP contribution is -2.33. The third-order valence-corrected chi connectivity index (χ3v) is 4.96. The SMILES string of the molecule is OCC(O)[C@@H](O)CC(c1ccc(Cl)c(Cl)c1)C1CCC1. The number of aliphatic hydroxyl groups is 3. The van der Waals surface area contributed by atoms with Crippen molar-refractivity contribution in [3.05, 3.63) is 33.8 Å². The molecule has 5 heteroatoms. The molecule has 20 heavy (non-hydrogen) atoms. The maximum atomic E-state index is 9.97. The molecule has 1 aliphatic rings. The lowest BCUT2D eigenvalue weighted by Gasteiger charge is -2.36. The van der Waals surface area contributed by atoms with E-state index in [9.17, 15) is 10.2 Å². The summed E-state index contributed by atoms with van der Waals surface area (Å²) in [7, 11) is 0. The number of rotatable bonds is 6. The lowest BCUT2D eigenvalue weighted by atomic mass is 9.70. The van der Waals surface area contributed by atoms with Gasteiger partial charge in [-0.15, -0.1) is 0 Å². The van der Waals surface area contributed by atoms with Crippen LogP contribution in [-0.2, 0) is 0 Å². The first-order chi connectivity index (χ1) is 9.52. The normalized spacial score (nSPS) is 20.2. The van der Waals surface area contributed by atoms with Crippen molar-refractivity contribution in [1.29, 1.82) is 0 Å². The standard InChI is InChI=1S/C15H20Cl2O3/c16-12-5-4-10(6-13(12)17)11(9-2-1-3-9)7-14(19)15(20)8-18/h4-6,9,11,14-15,18-20H,1-3,7-8H2/t11?,14-,15?/m0/s1. The van der Waals surface area contributed by atoms with E-state index in [4.69, 9.17) is 28.3 Å². The molecular weight excluding hydrogens is 299 g/mol. The smallest absolute Gasteiger partial charge is 0.103 e. The highest BCUT2D eigenvalue weighted by molar-refractivity contribution is 6.42. The van der Waals surface area contributed by atoms with E-state index in [2.05, 4.69) is 0 Å². The van der Waals surface area contributed by atoms with Crippen molar-refractivity contribution in [3.63, 3.8) is 0 Å². The topological polar surface area (TPSA) is 60.7 Å². The zero-order valence-corrected chi connectivity index (χ0v) is 12.7. The van der Waals surface area contributed by atoms with Crippen molar-refractivity contribution < 1.29 is 15.3 Å². The molecule has 0 amide bonds. The van der Waals surface area contributed by atoms with Crippen molar-refractivity contribution in [2.75, 3.05) is 6.61 Å². The summed E-state index contributed by atoms with van der Waals surface area (Å²) in [6.07, 6.45) is 1.82. The van der Waals surface area contributed by atoms with Crippen LogP contribution in [0.3, 0.4) is 0 Å². The minimum Gasteiger partial charge on any atom is -0.394 e. The lowest BCUT2D eigenvalue weighted by molar-refractivity contribution is -0.0252. The molecule has 3 atom stereocenters. The van der Waals surface area contributed by atoms with Crippen LogP contribution in [0, 0.1) is 5.92 Å². The third kappa shape index (κ3) is 3.66. The molecule has 1 saturated carbocycles. The highest BCUT2D eigenvalue weighted by atomic mass is 35.5. The Morgan fingerprint density at radius 1 is 1.10 bits per heavy atom. The molecule has 0 bridgehead atoms. The molecule has 2 unspecified atom stereocenters. The molecule has 2 rings (SSSR count). The van der Waals surface area contributed by atoms with E-state index in [-0.39, 0.29) is 5.92 Å². The van der Waals surface area contributed by atoms with E-state index < -0.39 is 18.8 Å². The number of hydrogen-bond acceptors (Lipinski definition) is 3. The number of aliphatic hydroxyl groups excluding tert-OH is 3. The largest absolute Gasteiger partial charge is 0.394 e. The Morgan fingerprint density at radius 2 is 1.80 bits per heavy atom. The second kappa shape index (κ2) is 7.10. The fraction of sp³-hybridized carbons (Fsp3) is 0.600. The molecule has 0 aromatic heterocycles. The first-order valence-electron chi connectivity index (χ1n) is 6.95. The van der Waals surface area contributed by atoms with Crippen LogP contribution in [0.5, 0.6) is 0 Å². The van der Waals surface area contributed by atoms with E-state index >= 15 is 0 Å². The summed E-state index contributed by atoms with van der Waals surface area (Å²) in [5.41, 5.74) is 1.04. The van der Waals surface area contributed by atoms with Gasteiger partial charge in [0, 0.05) is 0 Å². The van der Waals surface area contributed by atoms with Gasteiger partial charge in [-0.3, -0.25) is 0 Å². The number of benzene rings is 1. The molecular formula is C15H20Cl2O3. The summed E-state index contributed by atoms with van der Waals surface area (Å²) < 4.78 is 0. The summed E-state index contributed by atoms with van der Waals surface area (Å²) in [5, 5.41) is 29.5. The first kappa shape index (κ1) is 16.1. The van der Waals surface area contributed by atoms with Gasteiger partial charge < -0.3 is 15.3 Å². The van der Waals surface area contributed by atoms with Crippen LogP contribution in [0.15, 0.2) is 18.2 Å². The van der Waals surface area contributed by atoms with Gasteiger partial charge in [0.05, 0.1) is 22.8 Å². The van der Waals surface area contributed by atoms with E-state index in [0.29, 0.717) is 22.4 Å². The second-order valence-electron chi connectivity index (χ2n) is 5.52. The Labute approximate surface area is 129 Å². The van der Waals surface area contributed by atoms with Crippen molar-refractivity contribution >= 4 is 23.2 Å². The average Bonchev–Trinajstić information content (AvgIpc) is 2.38. The second-order valence-corrected chi connectivity index (χ2v) is 6.34. The number of hydrogen-bond donors (Lipinski definition) is 3. The Balaban J connectivity index is 2.16. The summed E-state index contributed by atoms with van der Waals surface area (Å²) >= 11 is 12.0. The van der Waals surface area contributed by atoms with Crippen LogP contribution < -0.4 is 0 Å². The van der Waals surface area contributed by atoms with Crippen molar-refractivity contribution in [2.24, 2.45) is 5.92 Å². The van der Waals surface area contributed by atoms with Gasteiger partial charge in [0.15, 0.2) is 0 Å². The Bertz CT molecular complexity index is 449. The van der Waals surface area contributed by atoms with Crippen LogP contribution >= 0.6 is 23.2 Å². The molecule has 112 valence electrons. The van der Waals surface area contributed by atoms with Gasteiger partial charge >= 0.3 is 0 Å². The van der Waals surface area contributed by atoms with Crippen LogP contribution in [0.1, 0.15) is 37.2 Å². The minimum atomic E-state index is -1.10. The minimum absolute atomic E-state index is 0.134. The predicted octanol–water partition coefficient (Wildman–Crippen LogP) is 2.98. The summed E-state index contributed by atoms with van der Waals surface area (Å²) in [6, 6.07) is 5.53.